The van der Waals surface area contributed by atoms with Gasteiger partial charge in [-0.05, 0) is 45.0 Å². The lowest BCUT2D eigenvalue weighted by Gasteiger charge is -2.38. The van der Waals surface area contributed by atoms with Crippen molar-refractivity contribution in [2.75, 3.05) is 11.1 Å². The zero-order valence-corrected chi connectivity index (χ0v) is 18.8. The maximum Gasteiger partial charge on any atom is 0.165 e. The Morgan fingerprint density at radius 3 is 2.52 bits per heavy atom. The molecular weight excluding hydrogens is 450 g/mol. The van der Waals surface area contributed by atoms with E-state index in [0.29, 0.717) is 5.69 Å². The molecule has 0 spiro atoms. The molecule has 0 saturated carbocycles. The summed E-state index contributed by atoms with van der Waals surface area (Å²) < 4.78 is 53.4. The second kappa shape index (κ2) is 7.45. The van der Waals surface area contributed by atoms with Crippen LogP contribution in [0.1, 0.15) is 31.9 Å². The Morgan fingerprint density at radius 2 is 1.85 bits per heavy atom. The third-order valence-corrected chi connectivity index (χ3v) is 8.55. The van der Waals surface area contributed by atoms with Crippen LogP contribution in [0.15, 0.2) is 41.7 Å². The molecule has 4 rings (SSSR count). The number of sulfone groups is 1. The molecule has 0 fully saturated rings. The molecule has 3 aromatic rings. The highest BCUT2D eigenvalue weighted by atomic mass is 32.2. The molecular formula is C22H20F2N6O2S. The Bertz CT molecular complexity index is 1480. The number of nitrogens with one attached hydrogen (secondary N) is 1. The van der Waals surface area contributed by atoms with Crippen molar-refractivity contribution in [3.63, 3.8) is 0 Å². The van der Waals surface area contributed by atoms with E-state index in [0.717, 1.165) is 6.20 Å². The smallest absolute Gasteiger partial charge is 0.165 e. The SMILES string of the molecule is CC1(c2cc(Nc3ncc(F)c4cc(C#N)cnc34)ccc2F)CS(=O)(=O)C(C)(C)C(N)=N1. The lowest BCUT2D eigenvalue weighted by molar-refractivity contribution is 0.476. The van der Waals surface area contributed by atoms with Crippen LogP contribution in [0.25, 0.3) is 10.9 Å². The van der Waals surface area contributed by atoms with Crippen LogP contribution < -0.4 is 11.1 Å². The molecule has 2 aromatic heterocycles. The molecule has 1 aliphatic rings. The summed E-state index contributed by atoms with van der Waals surface area (Å²) in [5.74, 6) is -1.64. The van der Waals surface area contributed by atoms with Gasteiger partial charge in [-0.3, -0.25) is 9.98 Å². The molecule has 1 atom stereocenters. The molecule has 8 nitrogen and oxygen atoms in total. The van der Waals surface area contributed by atoms with Gasteiger partial charge in [-0.2, -0.15) is 5.26 Å². The molecule has 11 heteroatoms. The van der Waals surface area contributed by atoms with E-state index in [1.165, 1.54) is 51.2 Å². The Morgan fingerprint density at radius 1 is 1.12 bits per heavy atom. The molecule has 1 unspecified atom stereocenters. The van der Waals surface area contributed by atoms with Gasteiger partial charge in [0.05, 0.1) is 17.5 Å². The van der Waals surface area contributed by atoms with Crippen LogP contribution >= 0.6 is 0 Å². The first-order valence-electron chi connectivity index (χ1n) is 9.87. The van der Waals surface area contributed by atoms with Gasteiger partial charge in [0.1, 0.15) is 33.5 Å². The van der Waals surface area contributed by atoms with Crippen LogP contribution in [-0.2, 0) is 15.4 Å². The fourth-order valence-corrected chi connectivity index (χ4v) is 5.36. The highest BCUT2D eigenvalue weighted by Gasteiger charge is 2.49. The number of aromatic nitrogens is 2. The fourth-order valence-electron chi connectivity index (χ4n) is 3.67. The van der Waals surface area contributed by atoms with E-state index in [2.05, 4.69) is 20.3 Å². The van der Waals surface area contributed by atoms with E-state index >= 15 is 0 Å². The Balaban J connectivity index is 1.79. The highest BCUT2D eigenvalue weighted by molar-refractivity contribution is 7.93. The zero-order chi connectivity index (χ0) is 24.2. The van der Waals surface area contributed by atoms with Gasteiger partial charge in [0.25, 0.3) is 0 Å². The number of pyridine rings is 2. The molecule has 0 amide bonds. The van der Waals surface area contributed by atoms with Crippen molar-refractivity contribution in [3.05, 3.63) is 59.4 Å². The molecule has 33 heavy (non-hydrogen) atoms. The van der Waals surface area contributed by atoms with Crippen molar-refractivity contribution >= 4 is 38.1 Å². The quantitative estimate of drug-likeness (QED) is 0.600. The minimum atomic E-state index is -3.73. The van der Waals surface area contributed by atoms with E-state index in [9.17, 15) is 17.2 Å². The lowest BCUT2D eigenvalue weighted by Crippen LogP contribution is -2.54. The number of hydrogen-bond acceptors (Lipinski definition) is 8. The number of nitrogens with zero attached hydrogens (tertiary/aromatic N) is 4. The molecule has 0 saturated heterocycles. The number of anilines is 2. The summed E-state index contributed by atoms with van der Waals surface area (Å²) in [4.78, 5) is 12.5. The molecule has 3 N–H and O–H groups in total. The van der Waals surface area contributed by atoms with E-state index < -0.39 is 37.5 Å². The second-order valence-corrected chi connectivity index (χ2v) is 11.1. The van der Waals surface area contributed by atoms with Crippen molar-refractivity contribution < 1.29 is 17.2 Å². The van der Waals surface area contributed by atoms with Gasteiger partial charge in [-0.15, -0.1) is 0 Å². The van der Waals surface area contributed by atoms with E-state index in [1.807, 2.05) is 6.07 Å². The summed E-state index contributed by atoms with van der Waals surface area (Å²) in [5, 5.41) is 12.1. The van der Waals surface area contributed by atoms with Crippen LogP contribution in [0, 0.1) is 23.0 Å². The van der Waals surface area contributed by atoms with Crippen molar-refractivity contribution in [2.24, 2.45) is 10.7 Å². The third kappa shape index (κ3) is 3.66. The summed E-state index contributed by atoms with van der Waals surface area (Å²) in [6.07, 6.45) is 2.28. The predicted octanol–water partition coefficient (Wildman–Crippen LogP) is 3.30. The van der Waals surface area contributed by atoms with Gasteiger partial charge in [-0.25, -0.2) is 22.2 Å². The largest absolute Gasteiger partial charge is 0.386 e. The summed E-state index contributed by atoms with van der Waals surface area (Å²) >= 11 is 0. The zero-order valence-electron chi connectivity index (χ0n) is 18.0. The molecule has 1 aliphatic heterocycles. The maximum atomic E-state index is 14.9. The Kier molecular flexibility index (Phi) is 5.09. The van der Waals surface area contributed by atoms with Crippen LogP contribution in [0.2, 0.25) is 0 Å². The summed E-state index contributed by atoms with van der Waals surface area (Å²) in [5.41, 5.74) is 5.27. The monoisotopic (exact) mass is 470 g/mol. The van der Waals surface area contributed by atoms with Gasteiger partial charge in [0, 0.05) is 22.8 Å². The second-order valence-electron chi connectivity index (χ2n) is 8.55. The average molecular weight is 471 g/mol. The Hall–Kier alpha value is -3.65. The molecule has 0 bridgehead atoms. The predicted molar refractivity (Wildman–Crippen MR) is 121 cm³/mol. The van der Waals surface area contributed by atoms with Gasteiger partial charge < -0.3 is 11.1 Å². The number of aliphatic imine (C=N–C) groups is 1. The maximum absolute atomic E-state index is 14.9. The summed E-state index contributed by atoms with van der Waals surface area (Å²) in [6, 6.07) is 7.28. The molecule has 0 radical (unpaired) electrons. The molecule has 0 aliphatic carbocycles. The van der Waals surface area contributed by atoms with E-state index in [-0.39, 0.29) is 33.7 Å². The normalized spacial score (nSPS) is 21.3. The number of nitriles is 1. The van der Waals surface area contributed by atoms with Gasteiger partial charge in [0.2, 0.25) is 0 Å². The standard InChI is InChI=1S/C22H20F2N6O2S/c1-21(2)20(26)30-22(3,11-33(21,31)32)15-7-13(4-5-16(15)23)29-19-18-14(17(24)10-28-19)6-12(8-25)9-27-18/h4-7,9-10H,11H2,1-3H3,(H2,26,30)(H,28,29). The first kappa shape index (κ1) is 22.5. The molecule has 3 heterocycles. The fraction of sp³-hybridized carbons (Fsp3) is 0.273. The number of amidine groups is 1. The van der Waals surface area contributed by atoms with Crippen molar-refractivity contribution in [3.8, 4) is 6.07 Å². The van der Waals surface area contributed by atoms with Crippen molar-refractivity contribution in [2.45, 2.75) is 31.1 Å². The summed E-state index contributed by atoms with van der Waals surface area (Å²) in [7, 11) is -3.73. The third-order valence-electron chi connectivity index (χ3n) is 5.85. The van der Waals surface area contributed by atoms with Crippen LogP contribution in [0.4, 0.5) is 20.3 Å². The number of nitrogens with two attached hydrogens (primary N) is 1. The summed E-state index contributed by atoms with van der Waals surface area (Å²) in [6.45, 7) is 4.43. The van der Waals surface area contributed by atoms with E-state index in [4.69, 9.17) is 11.0 Å². The topological polar surface area (TPSA) is 134 Å². The van der Waals surface area contributed by atoms with Crippen LogP contribution in [0.5, 0.6) is 0 Å². The van der Waals surface area contributed by atoms with Crippen molar-refractivity contribution in [1.82, 2.24) is 9.97 Å². The van der Waals surface area contributed by atoms with Gasteiger partial charge >= 0.3 is 0 Å². The Labute approximate surface area is 189 Å². The number of hydrogen-bond donors (Lipinski definition) is 2. The number of benzene rings is 1. The highest BCUT2D eigenvalue weighted by Crippen LogP contribution is 2.39. The number of halogens is 2. The number of rotatable bonds is 3. The van der Waals surface area contributed by atoms with Gasteiger partial charge in [0.15, 0.2) is 21.5 Å². The first-order valence-corrected chi connectivity index (χ1v) is 11.5. The van der Waals surface area contributed by atoms with Crippen LogP contribution in [0.3, 0.4) is 0 Å². The molecule has 1 aromatic carbocycles. The van der Waals surface area contributed by atoms with Crippen LogP contribution in [-0.4, -0.2) is 34.7 Å². The average Bonchev–Trinajstić information content (AvgIpc) is 2.75. The number of fused-ring (bicyclic) bond motifs is 1. The van der Waals surface area contributed by atoms with Crippen molar-refractivity contribution in [1.29, 1.82) is 5.26 Å². The first-order chi connectivity index (χ1) is 15.4. The molecule has 170 valence electrons. The minimum absolute atomic E-state index is 0.0284. The lowest BCUT2D eigenvalue weighted by atomic mass is 9.92. The van der Waals surface area contributed by atoms with Gasteiger partial charge in [-0.1, -0.05) is 0 Å². The minimum Gasteiger partial charge on any atom is -0.386 e. The van der Waals surface area contributed by atoms with E-state index in [1.54, 1.807) is 0 Å².